The lowest BCUT2D eigenvalue weighted by molar-refractivity contribution is -0.123. The van der Waals surface area contributed by atoms with Crippen molar-refractivity contribution in [1.29, 1.82) is 0 Å². The molecule has 32 heavy (non-hydrogen) atoms. The third-order valence-corrected chi connectivity index (χ3v) is 4.61. The average Bonchev–Trinajstić information content (AvgIpc) is 2.80. The number of ether oxygens (including phenoxy) is 3. The summed E-state index contributed by atoms with van der Waals surface area (Å²) in [4.78, 5) is 24.1. The van der Waals surface area contributed by atoms with Crippen molar-refractivity contribution in [3.05, 3.63) is 88.4 Å². The van der Waals surface area contributed by atoms with Crippen molar-refractivity contribution in [2.45, 2.75) is 6.92 Å². The second-order valence-corrected chi connectivity index (χ2v) is 7.37. The summed E-state index contributed by atoms with van der Waals surface area (Å²) in [6.45, 7) is 2.30. The molecule has 0 atom stereocenters. The molecule has 0 saturated carbocycles. The van der Waals surface area contributed by atoms with Crippen molar-refractivity contribution in [1.82, 2.24) is 5.43 Å². The smallest absolute Gasteiger partial charge is 0.343 e. The number of halogens is 1. The van der Waals surface area contributed by atoms with Gasteiger partial charge in [-0.2, -0.15) is 5.10 Å². The molecular formula is C24H21BrN2O5. The SMILES string of the molecule is CCOc1ccc(C(=O)Oc2ccc(/C=N/NC(=O)COc3ccc(Br)cc3)cc2)cc1. The molecule has 0 aliphatic heterocycles. The van der Waals surface area contributed by atoms with Gasteiger partial charge in [-0.05, 0) is 85.3 Å². The minimum absolute atomic E-state index is 0.153. The van der Waals surface area contributed by atoms with Gasteiger partial charge in [0.05, 0.1) is 18.4 Å². The number of nitrogens with one attached hydrogen (secondary N) is 1. The predicted molar refractivity (Wildman–Crippen MR) is 124 cm³/mol. The Morgan fingerprint density at radius 2 is 1.47 bits per heavy atom. The van der Waals surface area contributed by atoms with Gasteiger partial charge < -0.3 is 14.2 Å². The zero-order valence-electron chi connectivity index (χ0n) is 17.3. The summed E-state index contributed by atoms with van der Waals surface area (Å²) < 4.78 is 17.0. The summed E-state index contributed by atoms with van der Waals surface area (Å²) in [5.41, 5.74) is 3.54. The Labute approximate surface area is 194 Å². The van der Waals surface area contributed by atoms with Gasteiger partial charge >= 0.3 is 5.97 Å². The molecule has 0 heterocycles. The van der Waals surface area contributed by atoms with Crippen LogP contribution in [-0.4, -0.2) is 31.3 Å². The highest BCUT2D eigenvalue weighted by molar-refractivity contribution is 9.10. The molecule has 3 rings (SSSR count). The molecule has 0 fully saturated rings. The van der Waals surface area contributed by atoms with E-state index in [0.717, 1.165) is 10.0 Å². The lowest BCUT2D eigenvalue weighted by Gasteiger charge is -2.06. The molecule has 0 aromatic heterocycles. The van der Waals surface area contributed by atoms with E-state index in [-0.39, 0.29) is 12.5 Å². The highest BCUT2D eigenvalue weighted by Gasteiger charge is 2.09. The molecule has 164 valence electrons. The number of hydrogen-bond donors (Lipinski definition) is 1. The topological polar surface area (TPSA) is 86.2 Å². The van der Waals surface area contributed by atoms with Gasteiger partial charge in [-0.3, -0.25) is 4.79 Å². The fraction of sp³-hybridized carbons (Fsp3) is 0.125. The van der Waals surface area contributed by atoms with Gasteiger partial charge in [-0.1, -0.05) is 15.9 Å². The van der Waals surface area contributed by atoms with E-state index in [1.807, 2.05) is 19.1 Å². The van der Waals surface area contributed by atoms with Gasteiger partial charge in [0.1, 0.15) is 17.2 Å². The Balaban J connectivity index is 1.45. The van der Waals surface area contributed by atoms with Gasteiger partial charge in [0.25, 0.3) is 5.91 Å². The minimum Gasteiger partial charge on any atom is -0.494 e. The van der Waals surface area contributed by atoms with Crippen LogP contribution < -0.4 is 19.6 Å². The molecule has 1 N–H and O–H groups in total. The minimum atomic E-state index is -0.465. The molecule has 0 aliphatic carbocycles. The highest BCUT2D eigenvalue weighted by Crippen LogP contribution is 2.17. The van der Waals surface area contributed by atoms with Crippen molar-refractivity contribution < 1.29 is 23.8 Å². The Kier molecular flexibility index (Phi) is 8.39. The zero-order valence-corrected chi connectivity index (χ0v) is 18.9. The Morgan fingerprint density at radius 1 is 0.875 bits per heavy atom. The van der Waals surface area contributed by atoms with E-state index in [1.165, 1.54) is 6.21 Å². The van der Waals surface area contributed by atoms with E-state index in [9.17, 15) is 9.59 Å². The number of esters is 1. The summed E-state index contributed by atoms with van der Waals surface area (Å²) in [6.07, 6.45) is 1.48. The number of hydrazone groups is 1. The quantitative estimate of drug-likeness (QED) is 0.202. The number of nitrogens with zero attached hydrogens (tertiary/aromatic N) is 1. The van der Waals surface area contributed by atoms with E-state index in [0.29, 0.717) is 29.4 Å². The van der Waals surface area contributed by atoms with E-state index >= 15 is 0 Å². The van der Waals surface area contributed by atoms with Crippen LogP contribution in [0.2, 0.25) is 0 Å². The van der Waals surface area contributed by atoms with Gasteiger partial charge in [-0.15, -0.1) is 0 Å². The number of hydrogen-bond acceptors (Lipinski definition) is 6. The van der Waals surface area contributed by atoms with Crippen LogP contribution in [0.3, 0.4) is 0 Å². The number of amides is 1. The Bertz CT molecular complexity index is 1070. The number of carbonyl (C=O) groups is 2. The molecule has 7 nitrogen and oxygen atoms in total. The molecule has 0 radical (unpaired) electrons. The molecular weight excluding hydrogens is 476 g/mol. The van der Waals surface area contributed by atoms with E-state index < -0.39 is 5.97 Å². The van der Waals surface area contributed by atoms with Crippen LogP contribution in [0.1, 0.15) is 22.8 Å². The first-order chi connectivity index (χ1) is 15.5. The Morgan fingerprint density at radius 3 is 2.12 bits per heavy atom. The third kappa shape index (κ3) is 7.24. The van der Waals surface area contributed by atoms with Crippen LogP contribution in [0.15, 0.2) is 82.4 Å². The van der Waals surface area contributed by atoms with Crippen molar-refractivity contribution in [2.75, 3.05) is 13.2 Å². The average molecular weight is 497 g/mol. The normalized spacial score (nSPS) is 10.6. The maximum absolute atomic E-state index is 12.2. The van der Waals surface area contributed by atoms with Crippen molar-refractivity contribution in [3.63, 3.8) is 0 Å². The molecule has 0 unspecified atom stereocenters. The van der Waals surface area contributed by atoms with Crippen LogP contribution in [0.5, 0.6) is 17.2 Å². The third-order valence-electron chi connectivity index (χ3n) is 4.08. The monoisotopic (exact) mass is 496 g/mol. The first-order valence-electron chi connectivity index (χ1n) is 9.79. The molecule has 3 aromatic rings. The van der Waals surface area contributed by atoms with Gasteiger partial charge in [0, 0.05) is 4.47 Å². The van der Waals surface area contributed by atoms with Crippen LogP contribution >= 0.6 is 15.9 Å². The number of carbonyl (C=O) groups excluding carboxylic acids is 2. The van der Waals surface area contributed by atoms with Gasteiger partial charge in [-0.25, -0.2) is 10.2 Å². The number of rotatable bonds is 9. The van der Waals surface area contributed by atoms with Crippen molar-refractivity contribution in [2.24, 2.45) is 5.10 Å². The standard InChI is InChI=1S/C24H21BrN2O5/c1-2-30-20-11-5-18(6-12-20)24(29)32-22-9-3-17(4-10-22)15-26-27-23(28)16-31-21-13-7-19(25)8-14-21/h3-15H,2,16H2,1H3,(H,27,28)/b26-15+. The van der Waals surface area contributed by atoms with Crippen LogP contribution in [0.25, 0.3) is 0 Å². The van der Waals surface area contributed by atoms with Crippen LogP contribution in [-0.2, 0) is 4.79 Å². The second kappa shape index (κ2) is 11.7. The lowest BCUT2D eigenvalue weighted by atomic mass is 10.2. The summed E-state index contributed by atoms with van der Waals surface area (Å²) in [5, 5.41) is 3.90. The molecule has 3 aromatic carbocycles. The molecule has 1 amide bonds. The van der Waals surface area contributed by atoms with E-state index in [2.05, 4.69) is 26.5 Å². The first kappa shape index (κ1) is 23.0. The maximum atomic E-state index is 12.2. The Hall–Kier alpha value is -3.65. The fourth-order valence-electron chi connectivity index (χ4n) is 2.53. The summed E-state index contributed by atoms with van der Waals surface area (Å²) in [7, 11) is 0. The summed E-state index contributed by atoms with van der Waals surface area (Å²) in [6, 6.07) is 20.6. The van der Waals surface area contributed by atoms with Gasteiger partial charge in [0.15, 0.2) is 6.61 Å². The molecule has 8 heteroatoms. The van der Waals surface area contributed by atoms with E-state index in [4.69, 9.17) is 14.2 Å². The molecule has 0 aliphatic rings. The second-order valence-electron chi connectivity index (χ2n) is 6.45. The van der Waals surface area contributed by atoms with Crippen molar-refractivity contribution >= 4 is 34.0 Å². The van der Waals surface area contributed by atoms with Crippen LogP contribution in [0.4, 0.5) is 0 Å². The maximum Gasteiger partial charge on any atom is 0.343 e. The van der Waals surface area contributed by atoms with E-state index in [1.54, 1.807) is 60.7 Å². The predicted octanol–water partition coefficient (Wildman–Crippen LogP) is 4.60. The largest absolute Gasteiger partial charge is 0.494 e. The highest BCUT2D eigenvalue weighted by atomic mass is 79.9. The number of benzene rings is 3. The first-order valence-corrected chi connectivity index (χ1v) is 10.6. The fourth-order valence-corrected chi connectivity index (χ4v) is 2.80. The molecule has 0 saturated heterocycles. The van der Waals surface area contributed by atoms with Crippen molar-refractivity contribution in [3.8, 4) is 17.2 Å². The van der Waals surface area contributed by atoms with Crippen LogP contribution in [0, 0.1) is 0 Å². The lowest BCUT2D eigenvalue weighted by Crippen LogP contribution is -2.24. The molecule has 0 bridgehead atoms. The summed E-state index contributed by atoms with van der Waals surface area (Å²) in [5.74, 6) is 0.827. The summed E-state index contributed by atoms with van der Waals surface area (Å²) >= 11 is 3.33. The zero-order chi connectivity index (χ0) is 22.8. The molecule has 0 spiro atoms. The van der Waals surface area contributed by atoms with Gasteiger partial charge in [0.2, 0.25) is 0 Å².